The minimum absolute atomic E-state index is 0.0887. The van der Waals surface area contributed by atoms with Crippen molar-refractivity contribution in [2.45, 2.75) is 20.3 Å². The van der Waals surface area contributed by atoms with Crippen molar-refractivity contribution in [3.05, 3.63) is 35.9 Å². The fourth-order valence-electron chi connectivity index (χ4n) is 1.72. The van der Waals surface area contributed by atoms with E-state index in [1.807, 2.05) is 6.07 Å². The van der Waals surface area contributed by atoms with Gasteiger partial charge in [-0.3, -0.25) is 9.59 Å². The van der Waals surface area contributed by atoms with E-state index in [4.69, 9.17) is 4.74 Å². The molecule has 0 spiro atoms. The summed E-state index contributed by atoms with van der Waals surface area (Å²) in [4.78, 5) is 35.3. The third-order valence-electron chi connectivity index (χ3n) is 2.65. The molecule has 0 amide bonds. The van der Waals surface area contributed by atoms with E-state index in [1.165, 1.54) is 0 Å². The van der Waals surface area contributed by atoms with Crippen LogP contribution in [0.2, 0.25) is 0 Å². The first-order valence-electron chi connectivity index (χ1n) is 6.51. The molecule has 0 heterocycles. The summed E-state index contributed by atoms with van der Waals surface area (Å²) < 4.78 is 9.51. The van der Waals surface area contributed by atoms with Crippen molar-refractivity contribution < 1.29 is 23.9 Å². The summed E-state index contributed by atoms with van der Waals surface area (Å²) in [6, 6.07) is 8.99. The fourth-order valence-corrected chi connectivity index (χ4v) is 1.72. The number of ketones is 1. The summed E-state index contributed by atoms with van der Waals surface area (Å²) in [5.74, 6) is -3.72. The lowest BCUT2D eigenvalue weighted by Crippen LogP contribution is -2.34. The molecular formula is C15H18O5. The van der Waals surface area contributed by atoms with Gasteiger partial charge in [-0.2, -0.15) is 0 Å². The van der Waals surface area contributed by atoms with Gasteiger partial charge in [0.1, 0.15) is 5.92 Å². The quantitative estimate of drug-likeness (QED) is 0.430. The maximum Gasteiger partial charge on any atom is 0.375 e. The van der Waals surface area contributed by atoms with Gasteiger partial charge in [-0.1, -0.05) is 30.3 Å². The molecule has 0 saturated carbocycles. The first-order chi connectivity index (χ1) is 9.60. The predicted octanol–water partition coefficient (Wildman–Crippen LogP) is 1.54. The first kappa shape index (κ1) is 15.9. The Bertz CT molecular complexity index is 466. The van der Waals surface area contributed by atoms with E-state index < -0.39 is 23.6 Å². The van der Waals surface area contributed by atoms with Crippen LogP contribution in [-0.4, -0.2) is 30.9 Å². The zero-order valence-electron chi connectivity index (χ0n) is 11.6. The number of carbonyl (C=O) groups is 3. The normalized spacial score (nSPS) is 11.5. The van der Waals surface area contributed by atoms with Crippen LogP contribution in [0.15, 0.2) is 30.3 Å². The Morgan fingerprint density at radius 2 is 1.60 bits per heavy atom. The second kappa shape index (κ2) is 8.09. The molecule has 20 heavy (non-hydrogen) atoms. The Morgan fingerprint density at radius 1 is 1.00 bits per heavy atom. The third kappa shape index (κ3) is 4.50. The fraction of sp³-hybridized carbons (Fsp3) is 0.400. The van der Waals surface area contributed by atoms with E-state index in [1.54, 1.807) is 38.1 Å². The summed E-state index contributed by atoms with van der Waals surface area (Å²) in [6.45, 7) is 3.49. The van der Waals surface area contributed by atoms with Crippen LogP contribution in [0.5, 0.6) is 0 Å². The molecule has 5 nitrogen and oxygen atoms in total. The average molecular weight is 278 g/mol. The van der Waals surface area contributed by atoms with Gasteiger partial charge < -0.3 is 9.47 Å². The van der Waals surface area contributed by atoms with Gasteiger partial charge in [0.15, 0.2) is 0 Å². The molecule has 1 aromatic carbocycles. The molecule has 0 aliphatic heterocycles. The number of Topliss-reactive ketones (excluding diaryl/α,β-unsaturated/α-hetero) is 1. The highest BCUT2D eigenvalue weighted by Gasteiger charge is 2.33. The number of benzene rings is 1. The molecule has 0 saturated heterocycles. The summed E-state index contributed by atoms with van der Waals surface area (Å²) in [5, 5.41) is 0. The molecule has 0 aliphatic rings. The van der Waals surface area contributed by atoms with Gasteiger partial charge >= 0.3 is 11.9 Å². The topological polar surface area (TPSA) is 69.7 Å². The highest BCUT2D eigenvalue weighted by molar-refractivity contribution is 6.37. The van der Waals surface area contributed by atoms with E-state index in [-0.39, 0.29) is 19.6 Å². The Morgan fingerprint density at radius 3 is 2.15 bits per heavy atom. The van der Waals surface area contributed by atoms with Crippen molar-refractivity contribution in [1.82, 2.24) is 0 Å². The Labute approximate surface area is 117 Å². The van der Waals surface area contributed by atoms with Gasteiger partial charge in [-0.25, -0.2) is 4.79 Å². The van der Waals surface area contributed by atoms with Gasteiger partial charge in [0.2, 0.25) is 0 Å². The number of esters is 2. The van der Waals surface area contributed by atoms with Gasteiger partial charge in [0.25, 0.3) is 5.78 Å². The summed E-state index contributed by atoms with van der Waals surface area (Å²) in [5.41, 5.74) is 0.781. The molecule has 1 unspecified atom stereocenters. The number of hydrogen-bond acceptors (Lipinski definition) is 5. The third-order valence-corrected chi connectivity index (χ3v) is 2.65. The molecule has 0 aliphatic carbocycles. The largest absolute Gasteiger partial charge is 0.465 e. The lowest BCUT2D eigenvalue weighted by atomic mass is 9.95. The van der Waals surface area contributed by atoms with Crippen LogP contribution >= 0.6 is 0 Å². The number of carbonyl (C=O) groups excluding carboxylic acids is 3. The minimum atomic E-state index is -1.16. The second-order valence-electron chi connectivity index (χ2n) is 4.08. The Kier molecular flexibility index (Phi) is 6.43. The molecule has 0 N–H and O–H groups in total. The molecular weight excluding hydrogens is 260 g/mol. The summed E-state index contributed by atoms with van der Waals surface area (Å²) >= 11 is 0. The first-order valence-corrected chi connectivity index (χ1v) is 6.51. The molecule has 0 radical (unpaired) electrons. The number of hydrogen-bond donors (Lipinski definition) is 0. The van der Waals surface area contributed by atoms with Crippen LogP contribution in [0, 0.1) is 5.92 Å². The number of rotatable bonds is 7. The van der Waals surface area contributed by atoms with Gasteiger partial charge in [-0.15, -0.1) is 0 Å². The maximum absolute atomic E-state index is 12.0. The van der Waals surface area contributed by atoms with Crippen LogP contribution in [-0.2, 0) is 30.3 Å². The van der Waals surface area contributed by atoms with Crippen molar-refractivity contribution in [1.29, 1.82) is 0 Å². The molecule has 0 aromatic heterocycles. The van der Waals surface area contributed by atoms with Crippen molar-refractivity contribution in [2.75, 3.05) is 13.2 Å². The van der Waals surface area contributed by atoms with Crippen molar-refractivity contribution in [2.24, 2.45) is 5.92 Å². The van der Waals surface area contributed by atoms with Crippen LogP contribution in [0.25, 0.3) is 0 Å². The minimum Gasteiger partial charge on any atom is -0.465 e. The lowest BCUT2D eigenvalue weighted by molar-refractivity contribution is -0.162. The average Bonchev–Trinajstić information content (AvgIpc) is 2.45. The molecule has 0 fully saturated rings. The van der Waals surface area contributed by atoms with E-state index in [9.17, 15) is 14.4 Å². The van der Waals surface area contributed by atoms with Gasteiger partial charge in [-0.05, 0) is 25.8 Å². The van der Waals surface area contributed by atoms with Crippen molar-refractivity contribution >= 4 is 17.7 Å². The molecule has 1 aromatic rings. The second-order valence-corrected chi connectivity index (χ2v) is 4.08. The standard InChI is InChI=1S/C15H18O5/c1-3-19-14(17)12(13(16)15(18)20-4-2)10-11-8-6-5-7-9-11/h5-9,12H,3-4,10H2,1-2H3. The van der Waals surface area contributed by atoms with Crippen molar-refractivity contribution in [3.8, 4) is 0 Å². The highest BCUT2D eigenvalue weighted by Crippen LogP contribution is 2.13. The van der Waals surface area contributed by atoms with Crippen molar-refractivity contribution in [3.63, 3.8) is 0 Å². The molecule has 0 bridgehead atoms. The summed E-state index contributed by atoms with van der Waals surface area (Å²) in [7, 11) is 0. The van der Waals surface area contributed by atoms with Crippen LogP contribution in [0.3, 0.4) is 0 Å². The lowest BCUT2D eigenvalue weighted by Gasteiger charge is -2.13. The molecule has 1 atom stereocenters. The van der Waals surface area contributed by atoms with Crippen LogP contribution < -0.4 is 0 Å². The van der Waals surface area contributed by atoms with Gasteiger partial charge in [0, 0.05) is 0 Å². The zero-order valence-corrected chi connectivity index (χ0v) is 11.6. The molecule has 1 rings (SSSR count). The highest BCUT2D eigenvalue weighted by atomic mass is 16.5. The van der Waals surface area contributed by atoms with E-state index in [2.05, 4.69) is 4.74 Å². The Balaban J connectivity index is 2.88. The van der Waals surface area contributed by atoms with E-state index >= 15 is 0 Å². The van der Waals surface area contributed by atoms with E-state index in [0.29, 0.717) is 0 Å². The number of ether oxygens (including phenoxy) is 2. The Hall–Kier alpha value is -2.17. The zero-order chi connectivity index (χ0) is 15.0. The summed E-state index contributed by atoms with van der Waals surface area (Å²) in [6.07, 6.45) is 0.122. The molecule has 108 valence electrons. The van der Waals surface area contributed by atoms with Gasteiger partial charge in [0.05, 0.1) is 13.2 Å². The monoisotopic (exact) mass is 278 g/mol. The maximum atomic E-state index is 12.0. The molecule has 5 heteroatoms. The van der Waals surface area contributed by atoms with Crippen LogP contribution in [0.4, 0.5) is 0 Å². The van der Waals surface area contributed by atoms with E-state index in [0.717, 1.165) is 5.56 Å². The van der Waals surface area contributed by atoms with Crippen LogP contribution in [0.1, 0.15) is 19.4 Å². The SMILES string of the molecule is CCOC(=O)C(=O)C(Cc1ccccc1)C(=O)OCC. The predicted molar refractivity (Wildman–Crippen MR) is 71.9 cm³/mol. The smallest absolute Gasteiger partial charge is 0.375 e.